The molecule has 2 saturated carbocycles. The smallest absolute Gasteiger partial charge is 0.411 e. The second kappa shape index (κ2) is 10.3. The van der Waals surface area contributed by atoms with E-state index in [4.69, 9.17) is 4.74 Å². The van der Waals surface area contributed by atoms with Crippen molar-refractivity contribution >= 4 is 35.0 Å². The van der Waals surface area contributed by atoms with E-state index in [1.165, 1.54) is 0 Å². The van der Waals surface area contributed by atoms with Crippen molar-refractivity contribution < 1.29 is 55.4 Å². The quantitative estimate of drug-likeness (QED) is 0.254. The van der Waals surface area contributed by atoms with Crippen LogP contribution in [0.25, 0.3) is 0 Å². The molecular weight excluding hydrogens is 658 g/mol. The summed E-state index contributed by atoms with van der Waals surface area (Å²) in [5.74, 6) is -7.60. The minimum absolute atomic E-state index is 0.220. The van der Waals surface area contributed by atoms with Crippen LogP contribution in [0, 0.1) is 47.3 Å². The molecule has 2 saturated heterocycles. The summed E-state index contributed by atoms with van der Waals surface area (Å²) in [7, 11) is 1.11. The third kappa shape index (κ3) is 3.97. The number of methoxy groups -OCH3 is 1. The SMILES string of the molecule is COc1ccc(C(c2ccc(CO)c(N3C(=O)C4C5C=CC(C5)C4C3=O)c2)(C(F)(F)F)C(F)(F)F)cc1N1C(=O)C2C3C=CC(C3)C2C1=O. The van der Waals surface area contributed by atoms with Crippen molar-refractivity contribution in [3.8, 4) is 5.75 Å². The van der Waals surface area contributed by atoms with Crippen molar-refractivity contribution in [3.63, 3.8) is 0 Å². The van der Waals surface area contributed by atoms with Gasteiger partial charge in [-0.2, -0.15) is 26.3 Å². The van der Waals surface area contributed by atoms with Crippen molar-refractivity contribution in [2.45, 2.75) is 37.2 Å². The Hall–Kier alpha value is -4.46. The van der Waals surface area contributed by atoms with E-state index in [9.17, 15) is 24.3 Å². The molecule has 4 aliphatic carbocycles. The fourth-order valence-corrected chi connectivity index (χ4v) is 9.50. The minimum atomic E-state index is -6.09. The van der Waals surface area contributed by atoms with E-state index in [-0.39, 0.29) is 35.0 Å². The molecule has 6 aliphatic rings. The number of hydrogen-bond acceptors (Lipinski definition) is 6. The fourth-order valence-electron chi connectivity index (χ4n) is 9.50. The van der Waals surface area contributed by atoms with Crippen LogP contribution in [0.15, 0.2) is 60.7 Å². The van der Waals surface area contributed by atoms with Crippen molar-refractivity contribution in [2.24, 2.45) is 47.3 Å². The van der Waals surface area contributed by atoms with E-state index in [1.807, 2.05) is 0 Å². The highest BCUT2D eigenvalue weighted by molar-refractivity contribution is 6.24. The van der Waals surface area contributed by atoms with Crippen LogP contribution < -0.4 is 14.5 Å². The van der Waals surface area contributed by atoms with Crippen molar-refractivity contribution in [2.75, 3.05) is 16.9 Å². The zero-order valence-electron chi connectivity index (χ0n) is 25.7. The van der Waals surface area contributed by atoms with Gasteiger partial charge in [0.05, 0.1) is 48.8 Å². The molecule has 8 nitrogen and oxygen atoms in total. The molecule has 49 heavy (non-hydrogen) atoms. The maximum absolute atomic E-state index is 15.4. The lowest BCUT2D eigenvalue weighted by Gasteiger charge is -2.39. The van der Waals surface area contributed by atoms with Crippen LogP contribution in [0.5, 0.6) is 5.75 Å². The number of carbonyl (C=O) groups is 4. The number of allylic oxidation sites excluding steroid dienone is 4. The molecule has 256 valence electrons. The molecule has 0 aromatic heterocycles. The topological polar surface area (TPSA) is 104 Å². The number of rotatable bonds is 6. The number of halogens is 6. The van der Waals surface area contributed by atoms with Crippen LogP contribution in [0.3, 0.4) is 0 Å². The lowest BCUT2D eigenvalue weighted by Crippen LogP contribution is -2.55. The normalized spacial score (nSPS) is 31.5. The minimum Gasteiger partial charge on any atom is -0.495 e. The Labute approximate surface area is 275 Å². The van der Waals surface area contributed by atoms with Gasteiger partial charge in [-0.05, 0) is 65.8 Å². The summed E-state index contributed by atoms with van der Waals surface area (Å²) in [6, 6.07) is 3.80. The molecule has 1 N–H and O–H groups in total. The van der Waals surface area contributed by atoms with E-state index in [1.54, 1.807) is 24.3 Å². The molecule has 8 unspecified atom stereocenters. The van der Waals surface area contributed by atoms with Gasteiger partial charge >= 0.3 is 12.4 Å². The van der Waals surface area contributed by atoms with Crippen LogP contribution >= 0.6 is 0 Å². The number of ether oxygens (including phenoxy) is 1. The molecule has 2 aromatic carbocycles. The number of imide groups is 2. The molecule has 2 aromatic rings. The Balaban J connectivity index is 1.30. The lowest BCUT2D eigenvalue weighted by atomic mass is 9.72. The average molecular weight is 687 g/mol. The van der Waals surface area contributed by atoms with Gasteiger partial charge in [0.2, 0.25) is 29.0 Å². The number of anilines is 2. The van der Waals surface area contributed by atoms with Gasteiger partial charge in [-0.25, -0.2) is 9.80 Å². The van der Waals surface area contributed by atoms with Gasteiger partial charge < -0.3 is 9.84 Å². The molecule has 4 bridgehead atoms. The first-order valence-corrected chi connectivity index (χ1v) is 15.8. The Bertz CT molecular complexity index is 1710. The number of aliphatic hydroxyl groups is 1. The third-order valence-electron chi connectivity index (χ3n) is 11.6. The van der Waals surface area contributed by atoms with Crippen LogP contribution in [0.1, 0.15) is 29.5 Å². The number of amides is 4. The predicted molar refractivity (Wildman–Crippen MR) is 159 cm³/mol. The zero-order chi connectivity index (χ0) is 34.9. The van der Waals surface area contributed by atoms with E-state index in [0.717, 1.165) is 19.2 Å². The maximum Gasteiger partial charge on any atom is 0.411 e. The van der Waals surface area contributed by atoms with Gasteiger partial charge in [0.15, 0.2) is 0 Å². The summed E-state index contributed by atoms with van der Waals surface area (Å²) in [6.07, 6.45) is -3.92. The summed E-state index contributed by atoms with van der Waals surface area (Å²) >= 11 is 0. The van der Waals surface area contributed by atoms with E-state index >= 15 is 26.3 Å². The van der Waals surface area contributed by atoms with Crippen LogP contribution in [-0.4, -0.2) is 48.2 Å². The number of benzene rings is 2. The van der Waals surface area contributed by atoms with Crippen LogP contribution in [-0.2, 0) is 31.2 Å². The van der Waals surface area contributed by atoms with Crippen LogP contribution in [0.2, 0.25) is 0 Å². The second-order valence-corrected chi connectivity index (χ2v) is 13.7. The first-order valence-electron chi connectivity index (χ1n) is 15.8. The summed E-state index contributed by atoms with van der Waals surface area (Å²) in [5, 5.41) is 10.1. The van der Waals surface area contributed by atoms with Crippen molar-refractivity contribution in [1.82, 2.24) is 0 Å². The maximum atomic E-state index is 15.4. The van der Waals surface area contributed by atoms with Gasteiger partial charge in [0, 0.05) is 5.56 Å². The Kier molecular flexibility index (Phi) is 6.67. The lowest BCUT2D eigenvalue weighted by molar-refractivity contribution is -0.288. The van der Waals surface area contributed by atoms with Crippen molar-refractivity contribution in [1.29, 1.82) is 0 Å². The Morgan fingerprint density at radius 1 is 0.653 bits per heavy atom. The van der Waals surface area contributed by atoms with Gasteiger partial charge in [-0.3, -0.25) is 19.2 Å². The highest BCUT2D eigenvalue weighted by Crippen LogP contribution is 2.60. The molecule has 0 spiro atoms. The molecule has 8 atom stereocenters. The number of nitrogens with zero attached hydrogens (tertiary/aromatic N) is 2. The Morgan fingerprint density at radius 2 is 1.04 bits per heavy atom. The van der Waals surface area contributed by atoms with E-state index in [0.29, 0.717) is 46.9 Å². The van der Waals surface area contributed by atoms with Crippen LogP contribution in [0.4, 0.5) is 37.7 Å². The summed E-state index contributed by atoms with van der Waals surface area (Å²) in [5.41, 5.74) is -8.89. The number of alkyl halides is 6. The van der Waals surface area contributed by atoms with E-state index < -0.39 is 94.2 Å². The molecule has 2 aliphatic heterocycles. The third-order valence-corrected chi connectivity index (χ3v) is 11.6. The predicted octanol–water partition coefficient (Wildman–Crippen LogP) is 5.22. The number of aliphatic hydroxyl groups excluding tert-OH is 1. The first kappa shape index (κ1) is 31.8. The standard InChI is InChI=1S/C35H28F6N2O6/c1-49-24-9-8-21(13-23(24)43-31(47)27-17-4-5-18(11-17)28(27)32(43)48)33(34(36,37)38,35(39,40)41)20-7-6-19(14-44)22(12-20)42-29(45)25-15-2-3-16(10-15)26(25)30(42)46/h2-9,12-13,15-18,25-28,44H,10-11,14H2,1H3. The second-order valence-electron chi connectivity index (χ2n) is 13.7. The molecule has 2 heterocycles. The summed E-state index contributed by atoms with van der Waals surface area (Å²) < 4.78 is 97.8. The van der Waals surface area contributed by atoms with Gasteiger partial charge in [0.25, 0.3) is 0 Å². The monoisotopic (exact) mass is 686 g/mol. The van der Waals surface area contributed by atoms with Gasteiger partial charge in [-0.15, -0.1) is 0 Å². The Morgan fingerprint density at radius 3 is 1.43 bits per heavy atom. The number of carbonyl (C=O) groups excluding carboxylic acids is 4. The highest BCUT2D eigenvalue weighted by atomic mass is 19.4. The molecular formula is C35H28F6N2O6. The van der Waals surface area contributed by atoms with Crippen molar-refractivity contribution in [3.05, 3.63) is 77.4 Å². The highest BCUT2D eigenvalue weighted by Gasteiger charge is 2.73. The number of hydrogen-bond donors (Lipinski definition) is 1. The molecule has 0 radical (unpaired) electrons. The summed E-state index contributed by atoms with van der Waals surface area (Å²) in [6.45, 7) is -0.886. The first-order chi connectivity index (χ1) is 23.1. The summed E-state index contributed by atoms with van der Waals surface area (Å²) in [4.78, 5) is 55.6. The molecule has 4 amide bonds. The molecule has 14 heteroatoms. The molecule has 8 rings (SSSR count). The van der Waals surface area contributed by atoms with Gasteiger partial charge in [0.1, 0.15) is 5.75 Å². The molecule has 4 fully saturated rings. The average Bonchev–Trinajstić information content (AvgIpc) is 3.89. The van der Waals surface area contributed by atoms with E-state index in [2.05, 4.69) is 0 Å². The largest absolute Gasteiger partial charge is 0.495 e. The van der Waals surface area contributed by atoms with Gasteiger partial charge in [-0.1, -0.05) is 42.5 Å². The number of fused-ring (bicyclic) bond motifs is 10. The fraction of sp³-hybridized carbons (Fsp3) is 0.429. The zero-order valence-corrected chi connectivity index (χ0v) is 25.7.